The molecule has 0 bridgehead atoms. The summed E-state index contributed by atoms with van der Waals surface area (Å²) in [6.07, 6.45) is 0.161. The molecule has 0 aliphatic carbocycles. The van der Waals surface area contributed by atoms with Gasteiger partial charge in [-0.2, -0.15) is 0 Å². The lowest BCUT2D eigenvalue weighted by molar-refractivity contribution is -0.137. The first-order chi connectivity index (χ1) is 11.6. The van der Waals surface area contributed by atoms with Crippen molar-refractivity contribution in [2.24, 2.45) is 0 Å². The van der Waals surface area contributed by atoms with E-state index in [0.717, 1.165) is 10.9 Å². The Bertz CT molecular complexity index is 1010. The topological polar surface area (TPSA) is 107 Å². The van der Waals surface area contributed by atoms with Crippen LogP contribution >= 0.6 is 0 Å². The van der Waals surface area contributed by atoms with Crippen molar-refractivity contribution in [1.29, 1.82) is 0 Å². The van der Waals surface area contributed by atoms with Crippen LogP contribution < -0.4 is 27.5 Å². The third-order valence-electron chi connectivity index (χ3n) is 5.49. The second kappa shape index (κ2) is 5.54. The number of hydrogen-bond acceptors (Lipinski definition) is 5. The number of hydrogen-bond donors (Lipinski definition) is 2. The molecule has 1 aromatic carbocycles. The molecule has 0 spiro atoms. The lowest BCUT2D eigenvalue weighted by Crippen LogP contribution is -2.61. The van der Waals surface area contributed by atoms with E-state index in [2.05, 4.69) is 10.3 Å². The Kier molecular flexibility index (Phi) is 3.85. The fourth-order valence-corrected chi connectivity index (χ4v) is 3.63. The number of nitrogen functional groups attached to an aromatic ring is 1. The molecule has 2 unspecified atom stereocenters. The molecule has 0 radical (unpaired) electrons. The largest absolute Gasteiger partial charge is 0.398 e. The molecule has 0 saturated carbocycles. The van der Waals surface area contributed by atoms with Crippen molar-refractivity contribution in [3.63, 3.8) is 0 Å². The first-order valence-corrected chi connectivity index (χ1v) is 8.22. The van der Waals surface area contributed by atoms with Gasteiger partial charge in [-0.25, -0.2) is 4.98 Å². The van der Waals surface area contributed by atoms with Crippen molar-refractivity contribution in [3.05, 3.63) is 22.2 Å². The first kappa shape index (κ1) is 17.4. The number of nitrogens with one attached hydrogen (secondary N) is 1. The molecule has 1 saturated heterocycles. The summed E-state index contributed by atoms with van der Waals surface area (Å²) in [5.41, 5.74) is 7.27. The van der Waals surface area contributed by atoms with Crippen LogP contribution in [-0.2, 0) is 15.0 Å². The van der Waals surface area contributed by atoms with Gasteiger partial charge in [-0.3, -0.25) is 24.3 Å². The van der Waals surface area contributed by atoms with Crippen molar-refractivity contribution in [1.82, 2.24) is 14.9 Å². The summed E-state index contributed by atoms with van der Waals surface area (Å²) in [4.78, 5) is 42.2. The average molecular weight is 334 g/mol. The molecule has 2 atom stereocenters. The van der Waals surface area contributed by atoms with E-state index in [1.165, 1.54) is 4.57 Å². The predicted octanol–water partition coefficient (Wildman–Crippen LogP) is -5.44. The van der Waals surface area contributed by atoms with E-state index in [1.54, 1.807) is 28.7 Å². The molecule has 1 aliphatic heterocycles. The second-order valence-electron chi connectivity index (χ2n) is 7.06. The van der Waals surface area contributed by atoms with E-state index >= 15 is 0 Å². The lowest BCUT2D eigenvalue weighted by Gasteiger charge is -2.40. The van der Waals surface area contributed by atoms with Crippen LogP contribution in [0.3, 0.4) is 0 Å². The van der Waals surface area contributed by atoms with E-state index in [0.29, 0.717) is 22.4 Å². The van der Waals surface area contributed by atoms with Gasteiger partial charge < -0.3 is 5.73 Å². The Morgan fingerprint density at radius 2 is 2.00 bits per heavy atom. The molecule has 2 heterocycles. The molecule has 7 nitrogen and oxygen atoms in total. The van der Waals surface area contributed by atoms with Gasteiger partial charge >= 0.3 is 0 Å². The number of anilines is 1. The van der Waals surface area contributed by atoms with E-state index in [9.17, 15) is 14.4 Å². The van der Waals surface area contributed by atoms with Crippen LogP contribution in [0.4, 0.5) is 5.69 Å². The minimum absolute atomic E-state index is 0.161. The van der Waals surface area contributed by atoms with Gasteiger partial charge in [0, 0.05) is 12.1 Å². The van der Waals surface area contributed by atoms with Crippen molar-refractivity contribution < 1.29 is 9.59 Å². The third kappa shape index (κ3) is 2.33. The lowest BCUT2D eigenvalue weighted by atomic mass is 9.56. The van der Waals surface area contributed by atoms with Gasteiger partial charge in [0.25, 0.3) is 5.56 Å². The molecule has 11 heteroatoms. The molecule has 1 aliphatic rings. The maximum absolute atomic E-state index is 13.3. The highest BCUT2D eigenvalue weighted by Crippen LogP contribution is 2.32. The summed E-state index contributed by atoms with van der Waals surface area (Å²) in [6, 6.07) is 1.75. The van der Waals surface area contributed by atoms with E-state index < -0.39 is 11.3 Å². The summed E-state index contributed by atoms with van der Waals surface area (Å²) >= 11 is 0. The predicted molar refractivity (Wildman–Crippen MR) is 108 cm³/mol. The zero-order chi connectivity index (χ0) is 18.7. The van der Waals surface area contributed by atoms with Crippen LogP contribution in [-0.4, -0.2) is 52.8 Å². The number of fused-ring (bicyclic) bond motifs is 1. The number of aromatic nitrogens is 2. The maximum Gasteiger partial charge on any atom is 0.263 e. The minimum atomic E-state index is -1.21. The highest BCUT2D eigenvalue weighted by atomic mass is 16.2. The van der Waals surface area contributed by atoms with E-state index in [1.807, 2.05) is 15.7 Å². The van der Waals surface area contributed by atoms with Crippen LogP contribution in [0.1, 0.15) is 12.2 Å². The monoisotopic (exact) mass is 334 g/mol. The Morgan fingerprint density at radius 1 is 1.36 bits per heavy atom. The summed E-state index contributed by atoms with van der Waals surface area (Å²) in [5.74, 6) is -0.757. The number of nitrogens with zero attached hydrogens (tertiary/aromatic N) is 2. The first-order valence-electron chi connectivity index (χ1n) is 8.22. The van der Waals surface area contributed by atoms with Crippen molar-refractivity contribution in [2.45, 2.75) is 24.6 Å². The molecule has 3 N–H and O–H groups in total. The number of imide groups is 1. The van der Waals surface area contributed by atoms with Crippen molar-refractivity contribution >= 4 is 70.7 Å². The quantitative estimate of drug-likeness (QED) is 0.308. The number of benzene rings is 1. The molecule has 2 aromatic rings. The summed E-state index contributed by atoms with van der Waals surface area (Å²) in [7, 11) is 7.26. The van der Waals surface area contributed by atoms with Gasteiger partial charge in [0.1, 0.15) is 37.2 Å². The van der Waals surface area contributed by atoms with Gasteiger partial charge in [0.2, 0.25) is 11.8 Å². The second-order valence-corrected chi connectivity index (χ2v) is 7.06. The van der Waals surface area contributed by atoms with Gasteiger partial charge in [-0.1, -0.05) is 10.9 Å². The summed E-state index contributed by atoms with van der Waals surface area (Å²) in [5, 5.41) is 2.65. The number of carbonyl (C=O) groups excluding carboxylic acids is 2. The zero-order valence-corrected chi connectivity index (χ0v) is 15.1. The standard InChI is InChI=1S/C14H18B4N4O3/c1-4-20-11-9(6(19)2-5(15)10(11)17)12(24)22(4)14(18)7(16)3-8(23)21-13(14)25/h2,7H,3,15-19H2,1H3,(H,21,23,25). The normalized spacial score (nSPS) is 23.6. The molecule has 25 heavy (non-hydrogen) atoms. The van der Waals surface area contributed by atoms with Crippen LogP contribution in [0.2, 0.25) is 5.82 Å². The van der Waals surface area contributed by atoms with Crippen LogP contribution in [0.25, 0.3) is 10.9 Å². The number of rotatable bonds is 1. The van der Waals surface area contributed by atoms with Crippen LogP contribution in [0, 0.1) is 6.92 Å². The Balaban J connectivity index is 2.41. The molecule has 2 amide bonds. The van der Waals surface area contributed by atoms with Crippen molar-refractivity contribution in [3.8, 4) is 0 Å². The SMILES string of the molecule is Bc1cc(N)c2c(=O)n(C3(B)C(=O)NC(=O)CC3B)c(C)nc2c1B. The number of piperidine rings is 1. The molecular formula is C14H18B4N4O3. The Morgan fingerprint density at radius 3 is 2.60 bits per heavy atom. The Labute approximate surface area is 148 Å². The number of carbonyl (C=O) groups is 2. The zero-order valence-electron chi connectivity index (χ0n) is 15.1. The van der Waals surface area contributed by atoms with Gasteiger partial charge in [-0.15, -0.1) is 0 Å². The summed E-state index contributed by atoms with van der Waals surface area (Å²) in [6.45, 7) is 1.69. The Hall–Kier alpha value is -2.44. The third-order valence-corrected chi connectivity index (χ3v) is 5.49. The molecule has 3 rings (SSSR count). The molecular weight excluding hydrogens is 315 g/mol. The summed E-state index contributed by atoms with van der Waals surface area (Å²) < 4.78 is 1.38. The average Bonchev–Trinajstić information content (AvgIpc) is 2.50. The van der Waals surface area contributed by atoms with E-state index in [-0.39, 0.29) is 23.7 Å². The van der Waals surface area contributed by atoms with Crippen LogP contribution in [0.5, 0.6) is 0 Å². The van der Waals surface area contributed by atoms with Gasteiger partial charge in [-0.05, 0) is 18.8 Å². The maximum atomic E-state index is 13.3. The van der Waals surface area contributed by atoms with Gasteiger partial charge in [0.05, 0.1) is 16.3 Å². The number of amides is 2. The molecule has 1 fully saturated rings. The fourth-order valence-electron chi connectivity index (χ4n) is 3.63. The highest BCUT2D eigenvalue weighted by Gasteiger charge is 2.47. The fraction of sp³-hybridized carbons (Fsp3) is 0.286. The van der Waals surface area contributed by atoms with Crippen LogP contribution in [0.15, 0.2) is 10.9 Å². The van der Waals surface area contributed by atoms with Crippen molar-refractivity contribution in [2.75, 3.05) is 5.73 Å². The van der Waals surface area contributed by atoms with E-state index in [4.69, 9.17) is 5.73 Å². The smallest absolute Gasteiger partial charge is 0.263 e. The number of nitrogens with two attached hydrogens (primary N) is 1. The van der Waals surface area contributed by atoms with Gasteiger partial charge in [0.15, 0.2) is 0 Å². The number of aryl methyl sites for hydroxylation is 1. The molecule has 1 aromatic heterocycles. The highest BCUT2D eigenvalue weighted by molar-refractivity contribution is 6.52. The molecule has 124 valence electrons. The minimum Gasteiger partial charge on any atom is -0.398 e.